The van der Waals surface area contributed by atoms with Crippen LogP contribution in [-0.2, 0) is 19.1 Å². The molecule has 2 rings (SSSR count). The van der Waals surface area contributed by atoms with Crippen LogP contribution in [-0.4, -0.2) is 48.9 Å². The number of carbonyl (C=O) groups excluding carboxylic acids is 3. The number of nitrogens with one attached hydrogen (secondary N) is 1. The molecule has 2 fully saturated rings. The standard InChI is InChI=1S/C18H30N2O2.C3H6O2/c1-15-9-8-12-20(15)18(22)11-7-5-3-2-4-6-10-16-13-17(16)19-14-21;1-2-5-3-4/h6,10,14-17H,2-5,7-9,11-13H2,1H3,(H,19,21);3H,2H2,1H3/b10-6-;/t15?,16-,17?;/m1./s1. The molecule has 6 heteroatoms. The van der Waals surface area contributed by atoms with Crippen LogP contribution in [0.3, 0.4) is 0 Å². The summed E-state index contributed by atoms with van der Waals surface area (Å²) in [6.07, 6.45) is 15.1. The molecule has 0 aromatic rings. The third-order valence-corrected chi connectivity index (χ3v) is 5.12. The monoisotopic (exact) mass is 380 g/mol. The number of nitrogens with zero attached hydrogens (tertiary/aromatic N) is 1. The molecule has 1 aliphatic heterocycles. The summed E-state index contributed by atoms with van der Waals surface area (Å²) in [6.45, 7) is 5.79. The van der Waals surface area contributed by atoms with Gasteiger partial charge in [0.05, 0.1) is 6.61 Å². The largest absolute Gasteiger partial charge is 0.468 e. The van der Waals surface area contributed by atoms with Gasteiger partial charge in [0, 0.05) is 25.0 Å². The molecule has 3 atom stereocenters. The van der Waals surface area contributed by atoms with E-state index in [1.807, 2.05) is 0 Å². The summed E-state index contributed by atoms with van der Waals surface area (Å²) in [6, 6.07) is 0.838. The van der Waals surface area contributed by atoms with E-state index in [1.165, 1.54) is 25.7 Å². The van der Waals surface area contributed by atoms with E-state index in [1.54, 1.807) is 6.92 Å². The second-order valence-electron chi connectivity index (χ2n) is 7.30. The van der Waals surface area contributed by atoms with Gasteiger partial charge in [-0.05, 0) is 58.3 Å². The third kappa shape index (κ3) is 10.2. The number of allylic oxidation sites excluding steroid dienone is 1. The van der Waals surface area contributed by atoms with Crippen molar-refractivity contribution in [2.75, 3.05) is 13.2 Å². The van der Waals surface area contributed by atoms with Gasteiger partial charge in [-0.3, -0.25) is 14.4 Å². The number of likely N-dealkylation sites (tertiary alicyclic amines) is 1. The van der Waals surface area contributed by atoms with Gasteiger partial charge in [0.2, 0.25) is 12.3 Å². The van der Waals surface area contributed by atoms with E-state index in [0.29, 0.717) is 37.0 Å². The first kappa shape index (κ1) is 23.2. The maximum atomic E-state index is 12.0. The second-order valence-corrected chi connectivity index (χ2v) is 7.30. The van der Waals surface area contributed by atoms with Crippen molar-refractivity contribution in [1.82, 2.24) is 10.2 Å². The predicted molar refractivity (Wildman–Crippen MR) is 106 cm³/mol. The zero-order valence-corrected chi connectivity index (χ0v) is 16.9. The highest BCUT2D eigenvalue weighted by molar-refractivity contribution is 5.76. The van der Waals surface area contributed by atoms with Crippen LogP contribution in [0, 0.1) is 5.92 Å². The van der Waals surface area contributed by atoms with Crippen LogP contribution in [0.4, 0.5) is 0 Å². The smallest absolute Gasteiger partial charge is 0.293 e. The first-order valence-corrected chi connectivity index (χ1v) is 10.3. The summed E-state index contributed by atoms with van der Waals surface area (Å²) in [5, 5.41) is 2.81. The van der Waals surface area contributed by atoms with Gasteiger partial charge in [-0.25, -0.2) is 0 Å². The molecule has 1 N–H and O–H groups in total. The maximum absolute atomic E-state index is 12.0. The van der Waals surface area contributed by atoms with E-state index in [2.05, 4.69) is 34.0 Å². The fraction of sp³-hybridized carbons (Fsp3) is 0.762. The van der Waals surface area contributed by atoms with Gasteiger partial charge < -0.3 is 15.0 Å². The highest BCUT2D eigenvalue weighted by atomic mass is 16.5. The predicted octanol–water partition coefficient (Wildman–Crippen LogP) is 3.21. The molecule has 1 saturated heterocycles. The van der Waals surface area contributed by atoms with Crippen molar-refractivity contribution in [2.45, 2.75) is 83.7 Å². The molecule has 1 aliphatic carbocycles. The molecule has 0 bridgehead atoms. The fourth-order valence-electron chi connectivity index (χ4n) is 3.38. The lowest BCUT2D eigenvalue weighted by atomic mass is 10.1. The van der Waals surface area contributed by atoms with Crippen LogP contribution in [0.5, 0.6) is 0 Å². The van der Waals surface area contributed by atoms with Gasteiger partial charge in [-0.1, -0.05) is 25.0 Å². The van der Waals surface area contributed by atoms with E-state index < -0.39 is 0 Å². The first-order valence-electron chi connectivity index (χ1n) is 10.3. The molecule has 0 spiro atoms. The molecule has 0 aromatic carbocycles. The Kier molecular flexibility index (Phi) is 12.2. The molecule has 1 saturated carbocycles. The topological polar surface area (TPSA) is 75.7 Å². The van der Waals surface area contributed by atoms with E-state index in [0.717, 1.165) is 45.1 Å². The molecule has 0 radical (unpaired) electrons. The number of carbonyl (C=O) groups is 3. The Bertz CT molecular complexity index is 467. The normalized spacial score (nSPS) is 23.5. The van der Waals surface area contributed by atoms with Crippen molar-refractivity contribution in [3.8, 4) is 0 Å². The Hall–Kier alpha value is -1.85. The molecule has 2 unspecified atom stereocenters. The van der Waals surface area contributed by atoms with E-state index in [4.69, 9.17) is 0 Å². The van der Waals surface area contributed by atoms with Crippen molar-refractivity contribution in [3.63, 3.8) is 0 Å². The van der Waals surface area contributed by atoms with Crippen LogP contribution < -0.4 is 5.32 Å². The molecule has 6 nitrogen and oxygen atoms in total. The van der Waals surface area contributed by atoms with Crippen LogP contribution in [0.15, 0.2) is 12.2 Å². The van der Waals surface area contributed by atoms with Crippen LogP contribution in [0.1, 0.15) is 71.6 Å². The van der Waals surface area contributed by atoms with E-state index >= 15 is 0 Å². The Morgan fingerprint density at radius 2 is 2.00 bits per heavy atom. The van der Waals surface area contributed by atoms with Crippen molar-refractivity contribution in [3.05, 3.63) is 12.2 Å². The van der Waals surface area contributed by atoms with Crippen molar-refractivity contribution >= 4 is 18.8 Å². The maximum Gasteiger partial charge on any atom is 0.293 e. The van der Waals surface area contributed by atoms with Gasteiger partial charge in [0.15, 0.2) is 0 Å². The summed E-state index contributed by atoms with van der Waals surface area (Å²) in [4.78, 5) is 33.5. The number of rotatable bonds is 12. The average molecular weight is 381 g/mol. The van der Waals surface area contributed by atoms with E-state index in [9.17, 15) is 14.4 Å². The Morgan fingerprint density at radius 3 is 2.59 bits per heavy atom. The molecular weight excluding hydrogens is 344 g/mol. The lowest BCUT2D eigenvalue weighted by Gasteiger charge is -2.21. The lowest BCUT2D eigenvalue weighted by Crippen LogP contribution is -2.33. The van der Waals surface area contributed by atoms with Gasteiger partial charge in [0.1, 0.15) is 0 Å². The number of unbranched alkanes of at least 4 members (excludes halogenated alkanes) is 4. The summed E-state index contributed by atoms with van der Waals surface area (Å²) >= 11 is 0. The molecule has 2 amide bonds. The first-order chi connectivity index (χ1) is 13.1. The SMILES string of the molecule is CC1CCCN1C(=O)CCCCCC/C=C\[C@@H]1CC1NC=O.CCOC=O. The third-order valence-electron chi connectivity index (χ3n) is 5.12. The second kappa shape index (κ2) is 14.2. The minimum absolute atomic E-state index is 0.354. The average Bonchev–Trinajstić information content (AvgIpc) is 3.25. The summed E-state index contributed by atoms with van der Waals surface area (Å²) in [5.41, 5.74) is 0. The fourth-order valence-corrected chi connectivity index (χ4v) is 3.38. The number of hydrogen-bond acceptors (Lipinski definition) is 4. The Labute approximate surface area is 163 Å². The van der Waals surface area contributed by atoms with Gasteiger partial charge in [-0.2, -0.15) is 0 Å². The summed E-state index contributed by atoms with van der Waals surface area (Å²) in [7, 11) is 0. The minimum atomic E-state index is 0.354. The zero-order chi connectivity index (χ0) is 19.9. The molecule has 154 valence electrons. The van der Waals surface area contributed by atoms with Gasteiger partial charge >= 0.3 is 0 Å². The quantitative estimate of drug-likeness (QED) is 0.320. The Morgan fingerprint density at radius 1 is 1.22 bits per heavy atom. The highest BCUT2D eigenvalue weighted by Gasteiger charge is 2.33. The van der Waals surface area contributed by atoms with Crippen LogP contribution >= 0.6 is 0 Å². The molecule has 27 heavy (non-hydrogen) atoms. The summed E-state index contributed by atoms with van der Waals surface area (Å²) < 4.78 is 4.15. The zero-order valence-electron chi connectivity index (χ0n) is 16.9. The van der Waals surface area contributed by atoms with Crippen molar-refractivity contribution in [2.24, 2.45) is 5.92 Å². The highest BCUT2D eigenvalue weighted by Crippen LogP contribution is 2.31. The molecule has 0 aromatic heterocycles. The number of ether oxygens (including phenoxy) is 1. The molecule has 2 aliphatic rings. The number of amides is 2. The van der Waals surface area contributed by atoms with Gasteiger partial charge in [-0.15, -0.1) is 0 Å². The Balaban J connectivity index is 0.000000646. The van der Waals surface area contributed by atoms with Crippen LogP contribution in [0.2, 0.25) is 0 Å². The van der Waals surface area contributed by atoms with Gasteiger partial charge in [0.25, 0.3) is 6.47 Å². The van der Waals surface area contributed by atoms with Crippen molar-refractivity contribution in [1.29, 1.82) is 0 Å². The summed E-state index contributed by atoms with van der Waals surface area (Å²) in [5.74, 6) is 0.914. The lowest BCUT2D eigenvalue weighted by molar-refractivity contribution is -0.132. The minimum Gasteiger partial charge on any atom is -0.468 e. The van der Waals surface area contributed by atoms with E-state index in [-0.39, 0.29) is 0 Å². The molecule has 1 heterocycles. The number of hydrogen-bond donors (Lipinski definition) is 1. The molecular formula is C21H36N2O4. The van der Waals surface area contributed by atoms with Crippen LogP contribution in [0.25, 0.3) is 0 Å². The van der Waals surface area contributed by atoms with Crippen molar-refractivity contribution < 1.29 is 19.1 Å².